The van der Waals surface area contributed by atoms with E-state index in [0.29, 0.717) is 5.57 Å². The molecule has 0 spiro atoms. The summed E-state index contributed by atoms with van der Waals surface area (Å²) in [5, 5.41) is 9.52. The molecule has 0 saturated heterocycles. The molecule has 0 aliphatic heterocycles. The highest BCUT2D eigenvalue weighted by Gasteiger charge is 2.06. The van der Waals surface area contributed by atoms with Crippen molar-refractivity contribution in [2.75, 3.05) is 25.1 Å². The molecule has 0 aromatic heterocycles. The molecule has 3 nitrogen and oxygen atoms in total. The van der Waals surface area contributed by atoms with Crippen molar-refractivity contribution in [2.24, 2.45) is 0 Å². The van der Waals surface area contributed by atoms with Gasteiger partial charge in [0.2, 0.25) is 0 Å². The maximum absolute atomic E-state index is 9.52. The summed E-state index contributed by atoms with van der Waals surface area (Å²) in [6, 6.07) is 16.3. The fourth-order valence-electron chi connectivity index (χ4n) is 2.71. The molecule has 0 heterocycles. The first-order valence-electron chi connectivity index (χ1n) is 8.24. The molecule has 0 radical (unpaired) electrons. The van der Waals surface area contributed by atoms with Gasteiger partial charge in [0.1, 0.15) is 5.75 Å². The largest absolute Gasteiger partial charge is 0.497 e. The molecule has 0 saturated carbocycles. The zero-order valence-corrected chi connectivity index (χ0v) is 14.8. The van der Waals surface area contributed by atoms with Crippen LogP contribution in [-0.4, -0.2) is 20.2 Å². The molecule has 2 aromatic rings. The second-order valence-corrected chi connectivity index (χ2v) is 5.61. The Balaban J connectivity index is 2.35. The van der Waals surface area contributed by atoms with Gasteiger partial charge in [0, 0.05) is 18.8 Å². The number of nitriles is 1. The van der Waals surface area contributed by atoms with Crippen molar-refractivity contribution in [3.05, 3.63) is 59.2 Å². The third-order valence-corrected chi connectivity index (χ3v) is 4.20. The Morgan fingerprint density at radius 1 is 1.12 bits per heavy atom. The molecule has 24 heavy (non-hydrogen) atoms. The van der Waals surface area contributed by atoms with Gasteiger partial charge in [0.15, 0.2) is 0 Å². The molecular weight excluding hydrogens is 296 g/mol. The van der Waals surface area contributed by atoms with Gasteiger partial charge in [0.25, 0.3) is 0 Å². The molecule has 0 bridgehead atoms. The van der Waals surface area contributed by atoms with E-state index in [1.54, 1.807) is 7.11 Å². The van der Waals surface area contributed by atoms with Gasteiger partial charge in [-0.25, -0.2) is 0 Å². The Labute approximate surface area is 144 Å². The number of benzene rings is 2. The lowest BCUT2D eigenvalue weighted by atomic mass is 10.0. The topological polar surface area (TPSA) is 36.3 Å². The van der Waals surface area contributed by atoms with E-state index in [4.69, 9.17) is 4.74 Å². The number of methoxy groups -OCH3 is 1. The first-order valence-corrected chi connectivity index (χ1v) is 8.24. The average molecular weight is 320 g/mol. The van der Waals surface area contributed by atoms with Crippen LogP contribution in [0.4, 0.5) is 5.69 Å². The molecular formula is C21H24N2O. The maximum Gasteiger partial charge on any atom is 0.118 e. The quantitative estimate of drug-likeness (QED) is 0.560. The minimum atomic E-state index is 0.649. The summed E-state index contributed by atoms with van der Waals surface area (Å²) in [6.07, 6.45) is 1.95. The van der Waals surface area contributed by atoms with E-state index in [0.717, 1.165) is 30.0 Å². The third kappa shape index (κ3) is 3.97. The van der Waals surface area contributed by atoms with Crippen LogP contribution in [0.5, 0.6) is 5.75 Å². The highest BCUT2D eigenvalue weighted by Crippen LogP contribution is 2.24. The fourth-order valence-corrected chi connectivity index (χ4v) is 2.71. The molecule has 0 aliphatic rings. The maximum atomic E-state index is 9.52. The lowest BCUT2D eigenvalue weighted by Gasteiger charge is -2.21. The first-order chi connectivity index (χ1) is 11.6. The minimum Gasteiger partial charge on any atom is -0.497 e. The zero-order chi connectivity index (χ0) is 17.5. The second-order valence-electron chi connectivity index (χ2n) is 5.61. The van der Waals surface area contributed by atoms with Crippen LogP contribution in [0.25, 0.3) is 11.6 Å². The molecule has 0 fully saturated rings. The van der Waals surface area contributed by atoms with Crippen molar-refractivity contribution in [3.8, 4) is 11.8 Å². The van der Waals surface area contributed by atoms with Crippen molar-refractivity contribution >= 4 is 17.3 Å². The summed E-state index contributed by atoms with van der Waals surface area (Å²) in [7, 11) is 1.64. The number of hydrogen-bond donors (Lipinski definition) is 0. The average Bonchev–Trinajstić information content (AvgIpc) is 2.62. The monoisotopic (exact) mass is 320 g/mol. The summed E-state index contributed by atoms with van der Waals surface area (Å²) >= 11 is 0. The van der Waals surface area contributed by atoms with Crippen molar-refractivity contribution in [3.63, 3.8) is 0 Å². The van der Waals surface area contributed by atoms with Crippen LogP contribution < -0.4 is 9.64 Å². The van der Waals surface area contributed by atoms with Crippen molar-refractivity contribution in [1.82, 2.24) is 0 Å². The highest BCUT2D eigenvalue weighted by atomic mass is 16.5. The normalized spacial score (nSPS) is 11.0. The summed E-state index contributed by atoms with van der Waals surface area (Å²) < 4.78 is 5.17. The highest BCUT2D eigenvalue weighted by molar-refractivity contribution is 5.90. The van der Waals surface area contributed by atoms with Gasteiger partial charge in [-0.05, 0) is 79.9 Å². The van der Waals surface area contributed by atoms with Gasteiger partial charge in [-0.15, -0.1) is 0 Å². The van der Waals surface area contributed by atoms with Crippen LogP contribution in [0.2, 0.25) is 0 Å². The van der Waals surface area contributed by atoms with Gasteiger partial charge in [0.05, 0.1) is 18.8 Å². The Bertz CT molecular complexity index is 750. The van der Waals surface area contributed by atoms with E-state index in [1.165, 1.54) is 11.3 Å². The molecule has 0 amide bonds. The van der Waals surface area contributed by atoms with Crippen LogP contribution in [0.15, 0.2) is 42.5 Å². The molecule has 0 aliphatic carbocycles. The number of rotatable bonds is 6. The van der Waals surface area contributed by atoms with E-state index in [2.05, 4.69) is 49.9 Å². The smallest absolute Gasteiger partial charge is 0.118 e. The van der Waals surface area contributed by atoms with Gasteiger partial charge in [-0.3, -0.25) is 0 Å². The number of hydrogen-bond acceptors (Lipinski definition) is 3. The van der Waals surface area contributed by atoms with Crippen LogP contribution in [0, 0.1) is 18.3 Å². The lowest BCUT2D eigenvalue weighted by molar-refractivity contribution is 0.415. The van der Waals surface area contributed by atoms with E-state index in [-0.39, 0.29) is 0 Å². The van der Waals surface area contributed by atoms with Gasteiger partial charge < -0.3 is 9.64 Å². The van der Waals surface area contributed by atoms with E-state index < -0.39 is 0 Å². The van der Waals surface area contributed by atoms with E-state index in [1.807, 2.05) is 30.3 Å². The lowest BCUT2D eigenvalue weighted by Crippen LogP contribution is -2.21. The Morgan fingerprint density at radius 2 is 1.79 bits per heavy atom. The molecule has 2 aromatic carbocycles. The summed E-state index contributed by atoms with van der Waals surface area (Å²) in [5.74, 6) is 0.788. The second kappa shape index (κ2) is 8.21. The van der Waals surface area contributed by atoms with Crippen LogP contribution in [0.3, 0.4) is 0 Å². The zero-order valence-electron chi connectivity index (χ0n) is 14.8. The summed E-state index contributed by atoms with van der Waals surface area (Å²) in [5.41, 5.74) is 5.00. The van der Waals surface area contributed by atoms with Gasteiger partial charge in [-0.1, -0.05) is 6.07 Å². The number of aryl methyl sites for hydroxylation is 1. The number of anilines is 1. The molecule has 0 N–H and O–H groups in total. The van der Waals surface area contributed by atoms with Crippen molar-refractivity contribution in [2.45, 2.75) is 20.8 Å². The SMILES string of the molecule is CCN(CC)c1ccc(/C=C(\C#N)c2ccc(OC)cc2)c(C)c1. The Hall–Kier alpha value is -2.73. The van der Waals surface area contributed by atoms with Crippen LogP contribution in [0.1, 0.15) is 30.5 Å². The molecule has 3 heteroatoms. The number of allylic oxidation sites excluding steroid dienone is 1. The molecule has 124 valence electrons. The minimum absolute atomic E-state index is 0.649. The standard InChI is InChI=1S/C21H24N2O/c1-5-23(6-2)20-10-7-18(16(3)13-20)14-19(15-22)17-8-11-21(24-4)12-9-17/h7-14H,5-6H2,1-4H3/b19-14+. The predicted molar refractivity (Wildman–Crippen MR) is 101 cm³/mol. The predicted octanol–water partition coefficient (Wildman–Crippen LogP) is 4.91. The van der Waals surface area contributed by atoms with Crippen LogP contribution >= 0.6 is 0 Å². The van der Waals surface area contributed by atoms with E-state index in [9.17, 15) is 5.26 Å². The number of nitrogens with zero attached hydrogens (tertiary/aromatic N) is 2. The molecule has 0 unspecified atom stereocenters. The summed E-state index contributed by atoms with van der Waals surface area (Å²) in [4.78, 5) is 2.31. The Morgan fingerprint density at radius 3 is 2.29 bits per heavy atom. The summed E-state index contributed by atoms with van der Waals surface area (Å²) in [6.45, 7) is 8.37. The Kier molecular flexibility index (Phi) is 6.03. The molecule has 0 atom stereocenters. The van der Waals surface area contributed by atoms with Crippen molar-refractivity contribution in [1.29, 1.82) is 5.26 Å². The fraction of sp³-hybridized carbons (Fsp3) is 0.286. The van der Waals surface area contributed by atoms with E-state index >= 15 is 0 Å². The van der Waals surface area contributed by atoms with Gasteiger partial charge in [-0.2, -0.15) is 5.26 Å². The van der Waals surface area contributed by atoms with Gasteiger partial charge >= 0.3 is 0 Å². The number of ether oxygens (including phenoxy) is 1. The molecule has 2 rings (SSSR count). The van der Waals surface area contributed by atoms with Crippen LogP contribution in [-0.2, 0) is 0 Å². The third-order valence-electron chi connectivity index (χ3n) is 4.20. The van der Waals surface area contributed by atoms with Crippen molar-refractivity contribution < 1.29 is 4.74 Å². The first kappa shape index (κ1) is 17.6.